The highest BCUT2D eigenvalue weighted by atomic mass is 16.2. The molecule has 0 aromatic heterocycles. The summed E-state index contributed by atoms with van der Waals surface area (Å²) in [6, 6.07) is 7.97. The Hall–Kier alpha value is -1.84. The summed E-state index contributed by atoms with van der Waals surface area (Å²) in [6.45, 7) is 5.07. The summed E-state index contributed by atoms with van der Waals surface area (Å²) >= 11 is 0. The average Bonchev–Trinajstić information content (AvgIpc) is 2.81. The molecule has 1 saturated heterocycles. The van der Waals surface area contributed by atoms with Crippen molar-refractivity contribution in [2.24, 2.45) is 5.92 Å². The van der Waals surface area contributed by atoms with E-state index >= 15 is 0 Å². The van der Waals surface area contributed by atoms with Gasteiger partial charge in [0.15, 0.2) is 0 Å². The lowest BCUT2D eigenvalue weighted by atomic mass is 10.1. The van der Waals surface area contributed by atoms with Crippen molar-refractivity contribution >= 4 is 17.5 Å². The summed E-state index contributed by atoms with van der Waals surface area (Å²) in [7, 11) is 0. The Labute approximate surface area is 113 Å². The number of carbonyl (C=O) groups excluding carboxylic acids is 2. The van der Waals surface area contributed by atoms with Crippen molar-refractivity contribution in [1.82, 2.24) is 5.32 Å². The molecule has 1 aliphatic heterocycles. The second-order valence-corrected chi connectivity index (χ2v) is 4.82. The van der Waals surface area contributed by atoms with Crippen LogP contribution in [0.5, 0.6) is 0 Å². The monoisotopic (exact) mass is 260 g/mol. The van der Waals surface area contributed by atoms with Gasteiger partial charge in [0, 0.05) is 25.2 Å². The van der Waals surface area contributed by atoms with Crippen molar-refractivity contribution in [2.75, 3.05) is 18.0 Å². The van der Waals surface area contributed by atoms with E-state index in [-0.39, 0.29) is 17.7 Å². The minimum Gasteiger partial charge on any atom is -0.356 e. The van der Waals surface area contributed by atoms with Gasteiger partial charge in [-0.05, 0) is 31.0 Å². The average molecular weight is 260 g/mol. The van der Waals surface area contributed by atoms with Crippen molar-refractivity contribution in [3.63, 3.8) is 0 Å². The van der Waals surface area contributed by atoms with Crippen LogP contribution in [0.4, 0.5) is 5.69 Å². The quantitative estimate of drug-likeness (QED) is 0.896. The zero-order valence-corrected chi connectivity index (χ0v) is 11.5. The zero-order valence-electron chi connectivity index (χ0n) is 11.5. The fourth-order valence-corrected chi connectivity index (χ4v) is 2.36. The summed E-state index contributed by atoms with van der Waals surface area (Å²) in [6.07, 6.45) is 1.29. The van der Waals surface area contributed by atoms with E-state index in [9.17, 15) is 9.59 Å². The van der Waals surface area contributed by atoms with Gasteiger partial charge < -0.3 is 10.2 Å². The van der Waals surface area contributed by atoms with Crippen molar-refractivity contribution in [3.8, 4) is 0 Å². The van der Waals surface area contributed by atoms with Gasteiger partial charge in [-0.1, -0.05) is 19.1 Å². The molecule has 1 fully saturated rings. The predicted molar refractivity (Wildman–Crippen MR) is 75.0 cm³/mol. The van der Waals surface area contributed by atoms with E-state index in [0.717, 1.165) is 12.1 Å². The summed E-state index contributed by atoms with van der Waals surface area (Å²) in [5.74, 6) is -0.220. The molecule has 0 spiro atoms. The molecule has 0 bridgehead atoms. The molecule has 0 unspecified atom stereocenters. The third-order valence-corrected chi connectivity index (χ3v) is 3.50. The van der Waals surface area contributed by atoms with Gasteiger partial charge in [0.1, 0.15) is 0 Å². The number of aryl methyl sites for hydroxylation is 1. The molecule has 2 rings (SSSR count). The van der Waals surface area contributed by atoms with Gasteiger partial charge in [-0.25, -0.2) is 0 Å². The Kier molecular flexibility index (Phi) is 4.20. The summed E-state index contributed by atoms with van der Waals surface area (Å²) in [5.41, 5.74) is 2.13. The number of hydrogen-bond acceptors (Lipinski definition) is 2. The maximum atomic E-state index is 12.0. The number of amides is 2. The molecule has 102 valence electrons. The first-order valence-corrected chi connectivity index (χ1v) is 6.82. The number of benzene rings is 1. The third-order valence-electron chi connectivity index (χ3n) is 3.50. The highest BCUT2D eigenvalue weighted by molar-refractivity contribution is 6.00. The van der Waals surface area contributed by atoms with Crippen LogP contribution in [-0.4, -0.2) is 24.9 Å². The van der Waals surface area contributed by atoms with Crippen LogP contribution < -0.4 is 10.2 Å². The van der Waals surface area contributed by atoms with Gasteiger partial charge >= 0.3 is 0 Å². The Morgan fingerprint density at radius 3 is 2.58 bits per heavy atom. The van der Waals surface area contributed by atoms with E-state index in [0.29, 0.717) is 19.5 Å². The van der Waals surface area contributed by atoms with Crippen LogP contribution >= 0.6 is 0 Å². The van der Waals surface area contributed by atoms with Crippen molar-refractivity contribution < 1.29 is 9.59 Å². The maximum absolute atomic E-state index is 12.0. The molecule has 1 N–H and O–H groups in total. The molecule has 19 heavy (non-hydrogen) atoms. The second kappa shape index (κ2) is 5.87. The Morgan fingerprint density at radius 1 is 1.32 bits per heavy atom. The maximum Gasteiger partial charge on any atom is 0.227 e. The lowest BCUT2D eigenvalue weighted by Gasteiger charge is -2.17. The minimum atomic E-state index is -0.224. The van der Waals surface area contributed by atoms with Gasteiger partial charge in [-0.3, -0.25) is 9.59 Å². The van der Waals surface area contributed by atoms with E-state index in [1.807, 2.05) is 31.2 Å². The van der Waals surface area contributed by atoms with Crippen LogP contribution in [-0.2, 0) is 16.0 Å². The molecule has 2 amide bonds. The molecule has 1 aromatic rings. The number of hydrogen-bond donors (Lipinski definition) is 1. The lowest BCUT2D eigenvalue weighted by Crippen LogP contribution is -2.32. The Morgan fingerprint density at radius 2 is 2.00 bits per heavy atom. The summed E-state index contributed by atoms with van der Waals surface area (Å²) in [4.78, 5) is 25.5. The SMILES string of the molecule is CCNC(=O)[C@H]1CC(=O)N(c2ccc(CC)cc2)C1. The van der Waals surface area contributed by atoms with Crippen LogP contribution in [0.25, 0.3) is 0 Å². The lowest BCUT2D eigenvalue weighted by molar-refractivity contribution is -0.126. The number of rotatable bonds is 4. The van der Waals surface area contributed by atoms with E-state index in [1.165, 1.54) is 5.56 Å². The smallest absolute Gasteiger partial charge is 0.227 e. The molecule has 1 aliphatic rings. The first-order chi connectivity index (χ1) is 9.15. The molecule has 0 aliphatic carbocycles. The van der Waals surface area contributed by atoms with Gasteiger partial charge in [0.05, 0.1) is 5.92 Å². The van der Waals surface area contributed by atoms with E-state index < -0.39 is 0 Å². The van der Waals surface area contributed by atoms with Crippen molar-refractivity contribution in [3.05, 3.63) is 29.8 Å². The molecule has 1 aromatic carbocycles. The number of anilines is 1. The number of nitrogens with one attached hydrogen (secondary N) is 1. The minimum absolute atomic E-state index is 0.0245. The van der Waals surface area contributed by atoms with E-state index in [1.54, 1.807) is 4.90 Å². The fourth-order valence-electron chi connectivity index (χ4n) is 2.36. The first kappa shape index (κ1) is 13.6. The first-order valence-electron chi connectivity index (χ1n) is 6.82. The molecule has 1 heterocycles. The number of nitrogens with zero attached hydrogens (tertiary/aromatic N) is 1. The molecule has 4 heteroatoms. The zero-order chi connectivity index (χ0) is 13.8. The molecular weight excluding hydrogens is 240 g/mol. The second-order valence-electron chi connectivity index (χ2n) is 4.82. The Balaban J connectivity index is 2.08. The highest BCUT2D eigenvalue weighted by Gasteiger charge is 2.34. The molecule has 1 atom stereocenters. The largest absolute Gasteiger partial charge is 0.356 e. The van der Waals surface area contributed by atoms with Gasteiger partial charge in [-0.2, -0.15) is 0 Å². The van der Waals surface area contributed by atoms with Crippen molar-refractivity contribution in [2.45, 2.75) is 26.7 Å². The summed E-state index contributed by atoms with van der Waals surface area (Å²) in [5, 5.41) is 2.78. The van der Waals surface area contributed by atoms with Crippen molar-refractivity contribution in [1.29, 1.82) is 0 Å². The van der Waals surface area contributed by atoms with Gasteiger partial charge in [0.25, 0.3) is 0 Å². The standard InChI is InChI=1S/C15H20N2O2/c1-3-11-5-7-13(8-6-11)17-10-12(9-14(17)18)15(19)16-4-2/h5-8,12H,3-4,9-10H2,1-2H3,(H,16,19)/t12-/m0/s1. The Bertz CT molecular complexity index is 468. The van der Waals surface area contributed by atoms with E-state index in [2.05, 4.69) is 12.2 Å². The molecule has 4 nitrogen and oxygen atoms in total. The predicted octanol–water partition coefficient (Wildman–Crippen LogP) is 1.74. The highest BCUT2D eigenvalue weighted by Crippen LogP contribution is 2.25. The van der Waals surface area contributed by atoms with Crippen LogP contribution in [0.15, 0.2) is 24.3 Å². The fraction of sp³-hybridized carbons (Fsp3) is 0.467. The summed E-state index contributed by atoms with van der Waals surface area (Å²) < 4.78 is 0. The van der Waals surface area contributed by atoms with E-state index in [4.69, 9.17) is 0 Å². The third kappa shape index (κ3) is 2.95. The van der Waals surface area contributed by atoms with Crippen LogP contribution in [0, 0.1) is 5.92 Å². The van der Waals surface area contributed by atoms with Crippen LogP contribution in [0.3, 0.4) is 0 Å². The van der Waals surface area contributed by atoms with Crippen LogP contribution in [0.1, 0.15) is 25.8 Å². The number of carbonyl (C=O) groups is 2. The molecular formula is C15H20N2O2. The van der Waals surface area contributed by atoms with Crippen LogP contribution in [0.2, 0.25) is 0 Å². The molecule has 0 radical (unpaired) electrons. The topological polar surface area (TPSA) is 49.4 Å². The molecule has 0 saturated carbocycles. The van der Waals surface area contributed by atoms with Gasteiger partial charge in [0.2, 0.25) is 11.8 Å². The normalized spacial score (nSPS) is 18.7. The van der Waals surface area contributed by atoms with Gasteiger partial charge in [-0.15, -0.1) is 0 Å².